The highest BCUT2D eigenvalue weighted by atomic mass is 35.5. The molecule has 0 radical (unpaired) electrons. The molecule has 1 aromatic heterocycles. The molecule has 10 nitrogen and oxygen atoms in total. The molecule has 0 fully saturated rings. The number of nitrogens with zero attached hydrogens (tertiary/aromatic N) is 4. The zero-order valence-corrected chi connectivity index (χ0v) is 17.5. The highest BCUT2D eigenvalue weighted by Gasteiger charge is 2.29. The van der Waals surface area contributed by atoms with Crippen molar-refractivity contribution in [2.45, 2.75) is 33.0 Å². The normalized spacial score (nSPS) is 16.2. The zero-order chi connectivity index (χ0) is 22.2. The monoisotopic (exact) mass is 450 g/mol. The minimum absolute atomic E-state index is 0.0515. The van der Waals surface area contributed by atoms with Gasteiger partial charge in [0, 0.05) is 11.1 Å². The van der Waals surface area contributed by atoms with E-state index in [0.717, 1.165) is 5.01 Å². The van der Waals surface area contributed by atoms with Crippen LogP contribution in [0.1, 0.15) is 30.9 Å². The van der Waals surface area contributed by atoms with Gasteiger partial charge >= 0.3 is 0 Å². The summed E-state index contributed by atoms with van der Waals surface area (Å²) in [6.45, 7) is 5.44. The fourth-order valence-corrected chi connectivity index (χ4v) is 3.44. The quantitative estimate of drug-likeness (QED) is 0.648. The van der Waals surface area contributed by atoms with E-state index in [1.807, 2.05) is 13.8 Å². The van der Waals surface area contributed by atoms with Crippen molar-refractivity contribution < 1.29 is 14.6 Å². The van der Waals surface area contributed by atoms with Crippen LogP contribution in [0.5, 0.6) is 11.6 Å². The first kappa shape index (κ1) is 21.6. The average molecular weight is 451 g/mol. The van der Waals surface area contributed by atoms with Crippen molar-refractivity contribution in [2.75, 3.05) is 5.01 Å². The Morgan fingerprint density at radius 2 is 1.93 bits per heavy atom. The zero-order valence-electron chi connectivity index (χ0n) is 16.0. The lowest BCUT2D eigenvalue weighted by molar-refractivity contribution is -0.118. The minimum atomic E-state index is -1.52. The molecule has 30 heavy (non-hydrogen) atoms. The average Bonchev–Trinajstić information content (AvgIpc) is 2.67. The van der Waals surface area contributed by atoms with E-state index in [0.29, 0.717) is 11.1 Å². The Hall–Kier alpha value is -3.13. The van der Waals surface area contributed by atoms with Crippen LogP contribution < -0.4 is 20.6 Å². The van der Waals surface area contributed by atoms with Crippen LogP contribution in [0.2, 0.25) is 10.0 Å². The Labute approximate surface area is 180 Å². The number of nitrogens with one attached hydrogen (secondary N) is 2. The summed E-state index contributed by atoms with van der Waals surface area (Å²) >= 11 is 12.7. The molecule has 3 N–H and O–H groups in total. The maximum atomic E-state index is 11.9. The molecule has 0 spiro atoms. The van der Waals surface area contributed by atoms with E-state index < -0.39 is 18.0 Å². The van der Waals surface area contributed by atoms with E-state index >= 15 is 0 Å². The van der Waals surface area contributed by atoms with E-state index in [1.54, 1.807) is 13.0 Å². The van der Waals surface area contributed by atoms with Gasteiger partial charge in [-0.25, -0.2) is 10.1 Å². The lowest BCUT2D eigenvalue weighted by Gasteiger charge is -2.29. The van der Waals surface area contributed by atoms with Crippen LogP contribution in [0.4, 0.5) is 5.69 Å². The molecule has 156 valence electrons. The third kappa shape index (κ3) is 3.95. The second kappa shape index (κ2) is 8.31. The maximum absolute atomic E-state index is 11.9. The smallest absolute Gasteiger partial charge is 0.286 e. The predicted molar refractivity (Wildman–Crippen MR) is 110 cm³/mol. The number of aliphatic hydroxyl groups is 1. The number of aliphatic hydroxyl groups excluding tert-OH is 1. The highest BCUT2D eigenvalue weighted by Crippen LogP contribution is 2.41. The van der Waals surface area contributed by atoms with Crippen molar-refractivity contribution >= 4 is 40.5 Å². The summed E-state index contributed by atoms with van der Waals surface area (Å²) in [6.07, 6.45) is -1.52. The lowest BCUT2D eigenvalue weighted by atomic mass is 10.0. The summed E-state index contributed by atoms with van der Waals surface area (Å²) in [4.78, 5) is 23.5. The molecule has 3 rings (SSSR count). The fraction of sp³-hybridized carbons (Fsp3) is 0.278. The fourth-order valence-electron chi connectivity index (χ4n) is 2.89. The highest BCUT2D eigenvalue weighted by molar-refractivity contribution is 6.45. The molecule has 0 saturated carbocycles. The van der Waals surface area contributed by atoms with Crippen LogP contribution in [0.25, 0.3) is 0 Å². The number of anilines is 1. The summed E-state index contributed by atoms with van der Waals surface area (Å²) in [5.41, 5.74) is 0.498. The number of H-pyrrole nitrogens is 1. The molecule has 1 aromatic carbocycles. The number of halogens is 2. The van der Waals surface area contributed by atoms with Crippen molar-refractivity contribution in [3.05, 3.63) is 43.7 Å². The van der Waals surface area contributed by atoms with Gasteiger partial charge in [0.05, 0.1) is 15.7 Å². The van der Waals surface area contributed by atoms with E-state index in [1.165, 1.54) is 12.1 Å². The summed E-state index contributed by atoms with van der Waals surface area (Å²) in [6, 6.07) is 4.40. The molecule has 2 heterocycles. The van der Waals surface area contributed by atoms with Crippen LogP contribution in [-0.4, -0.2) is 33.3 Å². The van der Waals surface area contributed by atoms with Crippen LogP contribution in [0.3, 0.4) is 0 Å². The number of hydrazone groups is 1. The third-order valence-electron chi connectivity index (χ3n) is 4.28. The molecule has 1 unspecified atom stereocenters. The van der Waals surface area contributed by atoms with E-state index in [2.05, 4.69) is 20.6 Å². The van der Waals surface area contributed by atoms with Gasteiger partial charge in [-0.15, -0.1) is 5.10 Å². The molecule has 2 aromatic rings. The Morgan fingerprint density at radius 3 is 2.50 bits per heavy atom. The first-order valence-electron chi connectivity index (χ1n) is 8.67. The SMILES string of the molecule is Cc1c(C(C)C)c(Oc2c(Cl)cc(N3N=C(C#N)C(=O)NC3O)cc2Cl)n[nH]c1=O. The molecule has 0 saturated heterocycles. The first-order chi connectivity index (χ1) is 14.1. The Kier molecular flexibility index (Phi) is 5.98. The van der Waals surface area contributed by atoms with Gasteiger partial charge in [-0.3, -0.25) is 9.59 Å². The van der Waals surface area contributed by atoms with Crippen molar-refractivity contribution in [2.24, 2.45) is 5.10 Å². The Bertz CT molecular complexity index is 1130. The summed E-state index contributed by atoms with van der Waals surface area (Å²) in [7, 11) is 0. The molecule has 1 amide bonds. The number of carbonyl (C=O) groups is 1. The van der Waals surface area contributed by atoms with Crippen LogP contribution in [0, 0.1) is 18.3 Å². The first-order valence-corrected chi connectivity index (χ1v) is 9.42. The van der Waals surface area contributed by atoms with Crippen molar-refractivity contribution in [1.82, 2.24) is 15.5 Å². The van der Waals surface area contributed by atoms with E-state index in [4.69, 9.17) is 33.2 Å². The van der Waals surface area contributed by atoms with Gasteiger partial charge in [0.2, 0.25) is 17.9 Å². The molecule has 1 aliphatic rings. The Balaban J connectivity index is 2.03. The van der Waals surface area contributed by atoms with E-state index in [9.17, 15) is 14.7 Å². The lowest BCUT2D eigenvalue weighted by Crippen LogP contribution is -2.53. The summed E-state index contributed by atoms with van der Waals surface area (Å²) in [5, 5.41) is 32.4. The number of nitriles is 1. The summed E-state index contributed by atoms with van der Waals surface area (Å²) < 4.78 is 5.81. The molecule has 0 bridgehead atoms. The number of ether oxygens (including phenoxy) is 1. The van der Waals surface area contributed by atoms with Gasteiger partial charge in [0.25, 0.3) is 11.5 Å². The number of carbonyl (C=O) groups excluding carboxylic acids is 1. The molecule has 1 atom stereocenters. The van der Waals surface area contributed by atoms with E-state index in [-0.39, 0.29) is 38.8 Å². The van der Waals surface area contributed by atoms with Crippen molar-refractivity contribution in [1.29, 1.82) is 5.26 Å². The Morgan fingerprint density at radius 1 is 1.30 bits per heavy atom. The van der Waals surface area contributed by atoms with Gasteiger partial charge in [0.1, 0.15) is 6.07 Å². The van der Waals surface area contributed by atoms with Crippen LogP contribution in [-0.2, 0) is 4.79 Å². The van der Waals surface area contributed by atoms with Crippen LogP contribution in [0.15, 0.2) is 22.0 Å². The van der Waals surface area contributed by atoms with Gasteiger partial charge in [0.15, 0.2) is 5.75 Å². The number of benzene rings is 1. The molecule has 0 aliphatic carbocycles. The van der Waals surface area contributed by atoms with Crippen molar-refractivity contribution in [3.63, 3.8) is 0 Å². The molecule has 12 heteroatoms. The number of hydrogen-bond acceptors (Lipinski definition) is 8. The largest absolute Gasteiger partial charge is 0.434 e. The number of aromatic nitrogens is 2. The predicted octanol–water partition coefficient (Wildman–Crippen LogP) is 2.39. The van der Waals surface area contributed by atoms with Gasteiger partial charge in [-0.1, -0.05) is 37.0 Å². The number of rotatable bonds is 4. The van der Waals surface area contributed by atoms with Crippen molar-refractivity contribution in [3.8, 4) is 17.7 Å². The standard InChI is InChI=1S/C18H16Cl2N6O4/c1-7(2)13-8(3)15(27)23-24-17(13)30-14-10(19)4-9(5-11(14)20)26-18(29)22-16(28)12(6-21)25-26/h4-5,7,18,29H,1-3H3,(H,22,28)(H,23,27). The van der Waals surface area contributed by atoms with Crippen LogP contribution >= 0.6 is 23.2 Å². The van der Waals surface area contributed by atoms with Gasteiger partial charge in [-0.2, -0.15) is 10.4 Å². The molecular formula is C18H16Cl2N6O4. The number of amides is 1. The van der Waals surface area contributed by atoms with Gasteiger partial charge < -0.3 is 15.2 Å². The maximum Gasteiger partial charge on any atom is 0.286 e. The second-order valence-corrected chi connectivity index (χ2v) is 7.46. The number of aromatic amines is 1. The number of hydrogen-bond donors (Lipinski definition) is 3. The minimum Gasteiger partial charge on any atom is -0.434 e. The molecular weight excluding hydrogens is 435 g/mol. The summed E-state index contributed by atoms with van der Waals surface area (Å²) in [5.74, 6) is -0.645. The van der Waals surface area contributed by atoms with Gasteiger partial charge in [-0.05, 0) is 25.0 Å². The molecule has 1 aliphatic heterocycles. The second-order valence-electron chi connectivity index (χ2n) is 6.64. The topological polar surface area (TPSA) is 144 Å². The third-order valence-corrected chi connectivity index (χ3v) is 4.84.